The van der Waals surface area contributed by atoms with Gasteiger partial charge in [0, 0.05) is 6.07 Å². The number of nitro groups is 1. The number of nitriles is 1. The highest BCUT2D eigenvalue weighted by Gasteiger charge is 2.13. The molecule has 1 N–H and O–H groups in total. The van der Waals surface area contributed by atoms with Crippen LogP contribution in [-0.2, 0) is 6.61 Å². The number of rotatable bonds is 2. The van der Waals surface area contributed by atoms with Crippen molar-refractivity contribution in [2.24, 2.45) is 0 Å². The molecule has 0 aliphatic carbocycles. The minimum absolute atomic E-state index is 0.212. The third kappa shape index (κ3) is 1.80. The van der Waals surface area contributed by atoms with Gasteiger partial charge >= 0.3 is 0 Å². The van der Waals surface area contributed by atoms with Crippen molar-refractivity contribution in [1.29, 1.82) is 5.26 Å². The van der Waals surface area contributed by atoms with Crippen LogP contribution >= 0.6 is 0 Å². The van der Waals surface area contributed by atoms with Crippen LogP contribution in [0.1, 0.15) is 11.1 Å². The summed E-state index contributed by atoms with van der Waals surface area (Å²) in [5.74, 6) is 0. The summed E-state index contributed by atoms with van der Waals surface area (Å²) < 4.78 is 0. The molecule has 1 rings (SSSR count). The molecule has 0 fully saturated rings. The molecule has 0 aliphatic rings. The van der Waals surface area contributed by atoms with Crippen LogP contribution in [0.3, 0.4) is 0 Å². The summed E-state index contributed by atoms with van der Waals surface area (Å²) in [6.45, 7) is -0.401. The highest BCUT2D eigenvalue weighted by Crippen LogP contribution is 2.19. The van der Waals surface area contributed by atoms with Crippen molar-refractivity contribution >= 4 is 5.69 Å². The van der Waals surface area contributed by atoms with Crippen LogP contribution in [0.4, 0.5) is 5.69 Å². The van der Waals surface area contributed by atoms with Gasteiger partial charge in [-0.15, -0.1) is 0 Å². The first kappa shape index (κ1) is 9.16. The van der Waals surface area contributed by atoms with E-state index in [1.165, 1.54) is 12.1 Å². The first-order chi connectivity index (χ1) is 6.19. The lowest BCUT2D eigenvalue weighted by Crippen LogP contribution is -1.95. The van der Waals surface area contributed by atoms with E-state index < -0.39 is 11.5 Å². The fourth-order valence-corrected chi connectivity index (χ4v) is 0.937. The molecule has 0 heterocycles. The van der Waals surface area contributed by atoms with Gasteiger partial charge in [-0.1, -0.05) is 0 Å². The largest absolute Gasteiger partial charge is 0.391 e. The zero-order valence-corrected chi connectivity index (χ0v) is 6.60. The number of aliphatic hydroxyl groups excluding tert-OH is 1. The Kier molecular flexibility index (Phi) is 2.57. The maximum Gasteiger partial charge on any atom is 0.276 e. The molecule has 0 saturated carbocycles. The van der Waals surface area contributed by atoms with Gasteiger partial charge < -0.3 is 5.11 Å². The summed E-state index contributed by atoms with van der Waals surface area (Å²) in [6, 6.07) is 5.73. The van der Waals surface area contributed by atoms with Crippen LogP contribution in [0.2, 0.25) is 0 Å². The number of aliphatic hydroxyl groups is 1. The van der Waals surface area contributed by atoms with Gasteiger partial charge in [0.2, 0.25) is 0 Å². The Morgan fingerprint density at radius 1 is 1.62 bits per heavy atom. The molecular formula is C8H6N2O3. The van der Waals surface area contributed by atoms with Crippen molar-refractivity contribution in [3.8, 4) is 6.07 Å². The van der Waals surface area contributed by atoms with E-state index in [1.54, 1.807) is 6.07 Å². The van der Waals surface area contributed by atoms with Crippen LogP contribution in [0.5, 0.6) is 0 Å². The lowest BCUT2D eigenvalue weighted by Gasteiger charge is -1.98. The third-order valence-electron chi connectivity index (χ3n) is 1.58. The molecule has 1 aromatic rings. The molecule has 0 radical (unpaired) electrons. The quantitative estimate of drug-likeness (QED) is 0.539. The van der Waals surface area contributed by atoms with Crippen molar-refractivity contribution in [2.45, 2.75) is 6.61 Å². The van der Waals surface area contributed by atoms with Gasteiger partial charge in [-0.05, 0) is 12.1 Å². The minimum atomic E-state index is -0.619. The standard InChI is InChI=1S/C8H6N2O3/c9-4-6-1-2-7(5-11)8(3-6)10(12)13/h1-3,11H,5H2. The zero-order valence-electron chi connectivity index (χ0n) is 6.60. The van der Waals surface area contributed by atoms with Crippen LogP contribution in [0.25, 0.3) is 0 Å². The van der Waals surface area contributed by atoms with E-state index in [2.05, 4.69) is 0 Å². The molecule has 0 amide bonds. The molecule has 0 saturated heterocycles. The van der Waals surface area contributed by atoms with E-state index in [1.807, 2.05) is 0 Å². The molecule has 0 unspecified atom stereocenters. The Bertz CT molecular complexity index is 381. The monoisotopic (exact) mass is 178 g/mol. The Labute approximate surface area is 74.0 Å². The number of hydrogen-bond acceptors (Lipinski definition) is 4. The van der Waals surface area contributed by atoms with Crippen molar-refractivity contribution < 1.29 is 10.0 Å². The summed E-state index contributed by atoms with van der Waals surface area (Å²) in [4.78, 5) is 9.82. The van der Waals surface area contributed by atoms with Crippen LogP contribution in [-0.4, -0.2) is 10.0 Å². The first-order valence-corrected chi connectivity index (χ1v) is 3.47. The molecule has 0 atom stereocenters. The molecule has 0 spiro atoms. The number of nitrogens with zero attached hydrogens (tertiary/aromatic N) is 2. The van der Waals surface area contributed by atoms with Gasteiger partial charge in [0.05, 0.1) is 28.7 Å². The molecule has 0 aromatic heterocycles. The summed E-state index contributed by atoms with van der Waals surface area (Å²) in [5.41, 5.74) is 0.203. The van der Waals surface area contributed by atoms with Crippen LogP contribution < -0.4 is 0 Å². The van der Waals surface area contributed by atoms with Gasteiger partial charge in [0.25, 0.3) is 5.69 Å². The summed E-state index contributed by atoms with van der Waals surface area (Å²) in [5, 5.41) is 27.6. The predicted octanol–water partition coefficient (Wildman–Crippen LogP) is 0.959. The number of nitro benzene ring substituents is 1. The second-order valence-electron chi connectivity index (χ2n) is 2.37. The normalized spacial score (nSPS) is 9.23. The lowest BCUT2D eigenvalue weighted by atomic mass is 10.1. The topological polar surface area (TPSA) is 87.2 Å². The van der Waals surface area contributed by atoms with E-state index in [0.717, 1.165) is 6.07 Å². The predicted molar refractivity (Wildman–Crippen MR) is 43.7 cm³/mol. The first-order valence-electron chi connectivity index (χ1n) is 3.47. The Morgan fingerprint density at radius 2 is 2.31 bits per heavy atom. The highest BCUT2D eigenvalue weighted by atomic mass is 16.6. The van der Waals surface area contributed by atoms with E-state index in [0.29, 0.717) is 0 Å². The second kappa shape index (κ2) is 3.65. The van der Waals surface area contributed by atoms with Crippen molar-refractivity contribution in [1.82, 2.24) is 0 Å². The Morgan fingerprint density at radius 3 is 2.77 bits per heavy atom. The molecule has 0 aliphatic heterocycles. The van der Waals surface area contributed by atoms with Crippen molar-refractivity contribution in [3.05, 3.63) is 39.4 Å². The summed E-state index contributed by atoms with van der Waals surface area (Å²) in [6.07, 6.45) is 0. The maximum atomic E-state index is 10.4. The van der Waals surface area contributed by atoms with E-state index in [4.69, 9.17) is 10.4 Å². The van der Waals surface area contributed by atoms with Crippen molar-refractivity contribution in [2.75, 3.05) is 0 Å². The molecule has 13 heavy (non-hydrogen) atoms. The molecule has 1 aromatic carbocycles. The zero-order chi connectivity index (χ0) is 9.84. The maximum absolute atomic E-state index is 10.4. The molecular weight excluding hydrogens is 172 g/mol. The van der Waals surface area contributed by atoms with E-state index >= 15 is 0 Å². The SMILES string of the molecule is N#Cc1ccc(CO)c([N+](=O)[O-])c1. The molecule has 66 valence electrons. The minimum Gasteiger partial charge on any atom is -0.391 e. The Balaban J connectivity index is 3.28. The molecule has 0 bridgehead atoms. The average Bonchev–Trinajstić information content (AvgIpc) is 2.16. The smallest absolute Gasteiger partial charge is 0.276 e. The summed E-state index contributed by atoms with van der Waals surface area (Å²) >= 11 is 0. The highest BCUT2D eigenvalue weighted by molar-refractivity contribution is 5.46. The molecule has 5 nitrogen and oxygen atoms in total. The molecule has 5 heteroatoms. The lowest BCUT2D eigenvalue weighted by molar-refractivity contribution is -0.385. The van der Waals surface area contributed by atoms with E-state index in [-0.39, 0.29) is 16.8 Å². The second-order valence-corrected chi connectivity index (χ2v) is 2.37. The third-order valence-corrected chi connectivity index (χ3v) is 1.58. The van der Waals surface area contributed by atoms with Crippen LogP contribution in [0, 0.1) is 21.4 Å². The van der Waals surface area contributed by atoms with Gasteiger partial charge in [-0.25, -0.2) is 0 Å². The fourth-order valence-electron chi connectivity index (χ4n) is 0.937. The number of hydrogen-bond donors (Lipinski definition) is 1. The van der Waals surface area contributed by atoms with Crippen molar-refractivity contribution in [3.63, 3.8) is 0 Å². The average molecular weight is 178 g/mol. The van der Waals surface area contributed by atoms with Gasteiger partial charge in [0.1, 0.15) is 0 Å². The summed E-state index contributed by atoms with van der Waals surface area (Å²) in [7, 11) is 0. The van der Waals surface area contributed by atoms with Gasteiger partial charge in [-0.3, -0.25) is 10.1 Å². The fraction of sp³-hybridized carbons (Fsp3) is 0.125. The van der Waals surface area contributed by atoms with Gasteiger partial charge in [0.15, 0.2) is 0 Å². The van der Waals surface area contributed by atoms with E-state index in [9.17, 15) is 10.1 Å². The van der Waals surface area contributed by atoms with Gasteiger partial charge in [-0.2, -0.15) is 5.26 Å². The van der Waals surface area contributed by atoms with Crippen LogP contribution in [0.15, 0.2) is 18.2 Å². The number of benzene rings is 1. The Hall–Kier alpha value is -1.93.